The van der Waals surface area contributed by atoms with Gasteiger partial charge < -0.3 is 14.8 Å². The molecule has 1 fully saturated rings. The molecule has 3 unspecified atom stereocenters. The number of hydrogen-bond acceptors (Lipinski definition) is 4. The van der Waals surface area contributed by atoms with Crippen molar-refractivity contribution >= 4 is 10.8 Å². The molecule has 2 aliphatic rings. The highest BCUT2D eigenvalue weighted by Gasteiger charge is 2.26. The van der Waals surface area contributed by atoms with Crippen LogP contribution in [0.3, 0.4) is 0 Å². The second-order valence-electron chi connectivity index (χ2n) is 5.35. The highest BCUT2D eigenvalue weighted by atomic mass is 32.2. The summed E-state index contributed by atoms with van der Waals surface area (Å²) in [4.78, 5) is 0. The standard InChI is InChI=1S/C15H21NO3S/c1-2-12-9-20(17)10-13(16-12)11-4-5-14-15(8-11)19-7-3-6-18-14/h4-5,8,12-13,16H,2-3,6-7,9-10H2,1H3. The summed E-state index contributed by atoms with van der Waals surface area (Å²) in [6, 6.07) is 6.54. The third-order valence-electron chi connectivity index (χ3n) is 3.84. The van der Waals surface area contributed by atoms with Crippen molar-refractivity contribution in [3.05, 3.63) is 23.8 Å². The van der Waals surface area contributed by atoms with Crippen molar-refractivity contribution in [1.29, 1.82) is 0 Å². The molecule has 0 bridgehead atoms. The molecule has 1 N–H and O–H groups in total. The maximum absolute atomic E-state index is 12.0. The summed E-state index contributed by atoms with van der Waals surface area (Å²) in [6.45, 7) is 3.53. The molecule has 3 atom stereocenters. The van der Waals surface area contributed by atoms with Gasteiger partial charge in [-0.2, -0.15) is 0 Å². The summed E-state index contributed by atoms with van der Waals surface area (Å²) in [7, 11) is -0.740. The first-order valence-electron chi connectivity index (χ1n) is 7.27. The van der Waals surface area contributed by atoms with Crippen LogP contribution in [0.1, 0.15) is 31.4 Å². The van der Waals surface area contributed by atoms with Crippen LogP contribution in [0, 0.1) is 0 Å². The monoisotopic (exact) mass is 295 g/mol. The van der Waals surface area contributed by atoms with Crippen LogP contribution in [0.15, 0.2) is 18.2 Å². The zero-order valence-corrected chi connectivity index (χ0v) is 12.6. The Morgan fingerprint density at radius 2 is 2.05 bits per heavy atom. The van der Waals surface area contributed by atoms with E-state index < -0.39 is 10.8 Å². The molecule has 1 aromatic carbocycles. The Balaban J connectivity index is 1.83. The van der Waals surface area contributed by atoms with E-state index in [-0.39, 0.29) is 6.04 Å². The first-order valence-corrected chi connectivity index (χ1v) is 8.75. The largest absolute Gasteiger partial charge is 0.490 e. The molecule has 3 rings (SSSR count). The minimum Gasteiger partial charge on any atom is -0.490 e. The first-order chi connectivity index (χ1) is 9.76. The van der Waals surface area contributed by atoms with Crippen LogP contribution in [0.25, 0.3) is 0 Å². The topological polar surface area (TPSA) is 47.6 Å². The van der Waals surface area contributed by atoms with Crippen molar-refractivity contribution in [2.75, 3.05) is 24.7 Å². The summed E-state index contributed by atoms with van der Waals surface area (Å²) < 4.78 is 23.4. The summed E-state index contributed by atoms with van der Waals surface area (Å²) >= 11 is 0. The molecule has 1 saturated heterocycles. The van der Waals surface area contributed by atoms with Gasteiger partial charge in [0.05, 0.1) is 13.2 Å². The van der Waals surface area contributed by atoms with Gasteiger partial charge in [0.15, 0.2) is 11.5 Å². The van der Waals surface area contributed by atoms with Crippen molar-refractivity contribution in [2.45, 2.75) is 31.8 Å². The van der Waals surface area contributed by atoms with Gasteiger partial charge in [-0.15, -0.1) is 0 Å². The number of hydrogen-bond donors (Lipinski definition) is 1. The van der Waals surface area contributed by atoms with E-state index in [2.05, 4.69) is 18.3 Å². The summed E-state index contributed by atoms with van der Waals surface area (Å²) in [5, 5.41) is 3.58. The zero-order chi connectivity index (χ0) is 13.9. The van der Waals surface area contributed by atoms with E-state index in [1.807, 2.05) is 12.1 Å². The number of fused-ring (bicyclic) bond motifs is 1. The van der Waals surface area contributed by atoms with Crippen LogP contribution in [-0.4, -0.2) is 35.0 Å². The summed E-state index contributed by atoms with van der Waals surface area (Å²) in [6.07, 6.45) is 1.92. The Labute approximate surface area is 122 Å². The minimum absolute atomic E-state index is 0.145. The third-order valence-corrected chi connectivity index (χ3v) is 5.32. The van der Waals surface area contributed by atoms with Crippen molar-refractivity contribution in [3.63, 3.8) is 0 Å². The molecule has 2 heterocycles. The molecular weight excluding hydrogens is 274 g/mol. The minimum atomic E-state index is -0.740. The molecule has 5 heteroatoms. The van der Waals surface area contributed by atoms with Gasteiger partial charge in [-0.1, -0.05) is 13.0 Å². The van der Waals surface area contributed by atoms with Gasteiger partial charge in [-0.25, -0.2) is 0 Å². The van der Waals surface area contributed by atoms with Crippen LogP contribution in [0.4, 0.5) is 0 Å². The molecule has 0 amide bonds. The lowest BCUT2D eigenvalue weighted by atomic mass is 10.1. The molecule has 0 saturated carbocycles. The lowest BCUT2D eigenvalue weighted by molar-refractivity contribution is 0.297. The Kier molecular flexibility index (Phi) is 4.27. The van der Waals surface area contributed by atoms with Crippen LogP contribution in [-0.2, 0) is 10.8 Å². The summed E-state index contributed by atoms with van der Waals surface area (Å²) in [5.74, 6) is 3.06. The van der Waals surface area contributed by atoms with Crippen molar-refractivity contribution < 1.29 is 13.7 Å². The van der Waals surface area contributed by atoms with Gasteiger partial charge in [0.25, 0.3) is 0 Å². The number of rotatable bonds is 2. The summed E-state index contributed by atoms with van der Waals surface area (Å²) in [5.41, 5.74) is 1.14. The molecule has 2 aliphatic heterocycles. The van der Waals surface area contributed by atoms with Crippen LogP contribution >= 0.6 is 0 Å². The van der Waals surface area contributed by atoms with Gasteiger partial charge in [0.2, 0.25) is 0 Å². The molecular formula is C15H21NO3S. The van der Waals surface area contributed by atoms with Gasteiger partial charge in [0.1, 0.15) is 0 Å². The normalized spacial score (nSPS) is 29.8. The Bertz CT molecular complexity index is 506. The van der Waals surface area contributed by atoms with E-state index in [1.54, 1.807) is 0 Å². The van der Waals surface area contributed by atoms with Gasteiger partial charge in [0, 0.05) is 40.8 Å². The SMILES string of the molecule is CCC1CS(=O)CC(c2ccc3c(c2)OCCCO3)N1. The first kappa shape index (κ1) is 13.9. The van der Waals surface area contributed by atoms with Crippen LogP contribution in [0.2, 0.25) is 0 Å². The molecule has 4 nitrogen and oxygen atoms in total. The molecule has 1 aromatic rings. The van der Waals surface area contributed by atoms with E-state index in [1.165, 1.54) is 0 Å². The maximum atomic E-state index is 12.0. The van der Waals surface area contributed by atoms with E-state index in [0.29, 0.717) is 25.0 Å². The zero-order valence-electron chi connectivity index (χ0n) is 11.8. The highest BCUT2D eigenvalue weighted by molar-refractivity contribution is 7.85. The predicted octanol–water partition coefficient (Wildman–Crippen LogP) is 2.02. The highest BCUT2D eigenvalue weighted by Crippen LogP contribution is 2.33. The van der Waals surface area contributed by atoms with Gasteiger partial charge in [-0.3, -0.25) is 4.21 Å². The smallest absolute Gasteiger partial charge is 0.161 e. The average Bonchev–Trinajstić information content (AvgIpc) is 2.70. The van der Waals surface area contributed by atoms with E-state index in [9.17, 15) is 4.21 Å². The Hall–Kier alpha value is -1.07. The fourth-order valence-electron chi connectivity index (χ4n) is 2.68. The molecule has 0 aliphatic carbocycles. The van der Waals surface area contributed by atoms with E-state index >= 15 is 0 Å². The van der Waals surface area contributed by atoms with E-state index in [4.69, 9.17) is 9.47 Å². The van der Waals surface area contributed by atoms with Crippen molar-refractivity contribution in [2.24, 2.45) is 0 Å². The Morgan fingerprint density at radius 3 is 2.85 bits per heavy atom. The molecule has 0 spiro atoms. The van der Waals surface area contributed by atoms with Crippen molar-refractivity contribution in [3.8, 4) is 11.5 Å². The fraction of sp³-hybridized carbons (Fsp3) is 0.600. The lowest BCUT2D eigenvalue weighted by Crippen LogP contribution is -2.44. The number of benzene rings is 1. The quantitative estimate of drug-likeness (QED) is 0.907. The molecule has 110 valence electrons. The maximum Gasteiger partial charge on any atom is 0.161 e. The molecule has 20 heavy (non-hydrogen) atoms. The van der Waals surface area contributed by atoms with E-state index in [0.717, 1.165) is 35.7 Å². The average molecular weight is 295 g/mol. The van der Waals surface area contributed by atoms with Gasteiger partial charge in [-0.05, 0) is 24.1 Å². The second kappa shape index (κ2) is 6.14. The molecule has 0 aromatic heterocycles. The lowest BCUT2D eigenvalue weighted by Gasteiger charge is -2.30. The third kappa shape index (κ3) is 2.99. The van der Waals surface area contributed by atoms with Gasteiger partial charge >= 0.3 is 0 Å². The predicted molar refractivity (Wildman–Crippen MR) is 79.9 cm³/mol. The second-order valence-corrected chi connectivity index (χ2v) is 6.90. The number of nitrogens with one attached hydrogen (secondary N) is 1. The fourth-order valence-corrected chi connectivity index (χ4v) is 4.26. The van der Waals surface area contributed by atoms with Crippen LogP contribution in [0.5, 0.6) is 11.5 Å². The van der Waals surface area contributed by atoms with Crippen LogP contribution < -0.4 is 14.8 Å². The number of ether oxygens (including phenoxy) is 2. The van der Waals surface area contributed by atoms with Crippen molar-refractivity contribution in [1.82, 2.24) is 5.32 Å². The Morgan fingerprint density at radius 1 is 1.25 bits per heavy atom. The molecule has 0 radical (unpaired) electrons.